The minimum absolute atomic E-state index is 0.0965. The molecule has 4 rings (SSSR count). The average Bonchev–Trinajstić information content (AvgIpc) is 3.16. The molecule has 6 heteroatoms. The Bertz CT molecular complexity index is 939. The van der Waals surface area contributed by atoms with Crippen molar-refractivity contribution in [1.82, 2.24) is 9.88 Å². The van der Waals surface area contributed by atoms with Crippen molar-refractivity contribution in [3.05, 3.63) is 80.8 Å². The zero-order chi connectivity index (χ0) is 18.1. The average molecular weight is 385 g/mol. The molecule has 4 nitrogen and oxygen atoms in total. The number of thiophene rings is 1. The maximum absolute atomic E-state index is 13.2. The van der Waals surface area contributed by atoms with E-state index in [4.69, 9.17) is 16.3 Å². The van der Waals surface area contributed by atoms with Crippen LogP contribution in [0.1, 0.15) is 32.4 Å². The number of hydrogen-bond acceptors (Lipinski definition) is 4. The predicted molar refractivity (Wildman–Crippen MR) is 103 cm³/mol. The minimum atomic E-state index is -0.139. The summed E-state index contributed by atoms with van der Waals surface area (Å²) in [6, 6.07) is 13.3. The number of pyridine rings is 1. The third-order valence-electron chi connectivity index (χ3n) is 4.65. The molecule has 1 aliphatic heterocycles. The molecule has 1 aliphatic rings. The number of carbonyl (C=O) groups excluding carboxylic acids is 1. The standard InChI is InChI=1S/C20H17ClN2O2S/c1-25-14-6-4-13(5-7-14)18-15-9-12-26-17(15)8-11-23(18)20(24)16-3-2-10-22-19(16)21/h2-7,9-10,12,18H,8,11H2,1H3. The summed E-state index contributed by atoms with van der Waals surface area (Å²) in [5, 5.41) is 2.33. The van der Waals surface area contributed by atoms with E-state index in [0.717, 1.165) is 17.7 Å². The quantitative estimate of drug-likeness (QED) is 0.620. The van der Waals surface area contributed by atoms with Crippen molar-refractivity contribution in [2.45, 2.75) is 12.5 Å². The van der Waals surface area contributed by atoms with Crippen molar-refractivity contribution >= 4 is 28.8 Å². The molecule has 1 atom stereocenters. The van der Waals surface area contributed by atoms with Gasteiger partial charge in [-0.2, -0.15) is 0 Å². The fraction of sp³-hybridized carbons (Fsp3) is 0.200. The van der Waals surface area contributed by atoms with E-state index in [1.807, 2.05) is 29.2 Å². The predicted octanol–water partition coefficient (Wildman–Crippen LogP) is 4.59. The minimum Gasteiger partial charge on any atom is -0.497 e. The lowest BCUT2D eigenvalue weighted by molar-refractivity contribution is 0.0696. The molecular weight excluding hydrogens is 368 g/mol. The monoisotopic (exact) mass is 384 g/mol. The first kappa shape index (κ1) is 17.1. The molecule has 2 aromatic heterocycles. The normalized spacial score (nSPS) is 16.2. The Hall–Kier alpha value is -2.37. The van der Waals surface area contributed by atoms with Gasteiger partial charge in [-0.25, -0.2) is 4.98 Å². The van der Waals surface area contributed by atoms with Crippen molar-refractivity contribution in [3.8, 4) is 5.75 Å². The highest BCUT2D eigenvalue weighted by molar-refractivity contribution is 7.10. The first-order valence-corrected chi connectivity index (χ1v) is 9.56. The molecule has 132 valence electrons. The Kier molecular flexibility index (Phi) is 4.66. The summed E-state index contributed by atoms with van der Waals surface area (Å²) in [5.41, 5.74) is 2.67. The number of halogens is 1. The maximum Gasteiger partial charge on any atom is 0.257 e. The Balaban J connectivity index is 1.77. The zero-order valence-corrected chi connectivity index (χ0v) is 15.8. The van der Waals surface area contributed by atoms with Crippen LogP contribution in [0.2, 0.25) is 5.15 Å². The number of amides is 1. The van der Waals surface area contributed by atoms with Crippen molar-refractivity contribution < 1.29 is 9.53 Å². The topological polar surface area (TPSA) is 42.4 Å². The molecule has 0 aliphatic carbocycles. The van der Waals surface area contributed by atoms with Crippen LogP contribution in [-0.2, 0) is 6.42 Å². The molecule has 1 unspecified atom stereocenters. The van der Waals surface area contributed by atoms with Crippen LogP contribution in [0.4, 0.5) is 0 Å². The lowest BCUT2D eigenvalue weighted by atomic mass is 9.92. The van der Waals surface area contributed by atoms with E-state index in [9.17, 15) is 4.79 Å². The SMILES string of the molecule is COc1ccc(C2c3ccsc3CCN2C(=O)c2cccnc2Cl)cc1. The molecular formula is C20H17ClN2O2S. The number of fused-ring (bicyclic) bond motifs is 1. The van der Waals surface area contributed by atoms with Gasteiger partial charge in [0, 0.05) is 17.6 Å². The highest BCUT2D eigenvalue weighted by Gasteiger charge is 2.34. The van der Waals surface area contributed by atoms with Crippen molar-refractivity contribution in [3.63, 3.8) is 0 Å². The van der Waals surface area contributed by atoms with Crippen LogP contribution >= 0.6 is 22.9 Å². The van der Waals surface area contributed by atoms with Gasteiger partial charge in [-0.05, 0) is 53.3 Å². The Morgan fingerprint density at radius 3 is 2.81 bits per heavy atom. The number of benzene rings is 1. The van der Waals surface area contributed by atoms with E-state index < -0.39 is 0 Å². The Labute approximate surface area is 161 Å². The second-order valence-corrected chi connectivity index (χ2v) is 7.42. The van der Waals surface area contributed by atoms with Crippen LogP contribution in [-0.4, -0.2) is 29.4 Å². The number of carbonyl (C=O) groups is 1. The molecule has 3 aromatic rings. The second-order valence-electron chi connectivity index (χ2n) is 6.07. The summed E-state index contributed by atoms with van der Waals surface area (Å²) in [4.78, 5) is 20.5. The van der Waals surface area contributed by atoms with Crippen molar-refractivity contribution in [2.24, 2.45) is 0 Å². The van der Waals surface area contributed by atoms with E-state index in [-0.39, 0.29) is 17.1 Å². The first-order chi connectivity index (χ1) is 12.7. The number of hydrogen-bond donors (Lipinski definition) is 0. The maximum atomic E-state index is 13.2. The van der Waals surface area contributed by atoms with Gasteiger partial charge in [-0.3, -0.25) is 4.79 Å². The summed E-state index contributed by atoms with van der Waals surface area (Å²) in [7, 11) is 1.65. The van der Waals surface area contributed by atoms with Crippen LogP contribution in [0, 0.1) is 0 Å². The Morgan fingerprint density at radius 1 is 1.27 bits per heavy atom. The summed E-state index contributed by atoms with van der Waals surface area (Å²) >= 11 is 7.92. The zero-order valence-electron chi connectivity index (χ0n) is 14.2. The van der Waals surface area contributed by atoms with Crippen LogP contribution in [0.15, 0.2) is 54.0 Å². The second kappa shape index (κ2) is 7.09. The summed E-state index contributed by atoms with van der Waals surface area (Å²) in [6.07, 6.45) is 2.44. The molecule has 0 saturated carbocycles. The summed E-state index contributed by atoms with van der Waals surface area (Å²) in [6.45, 7) is 0.647. The van der Waals surface area contributed by atoms with E-state index >= 15 is 0 Å². The lowest BCUT2D eigenvalue weighted by Crippen LogP contribution is -2.40. The molecule has 0 spiro atoms. The largest absolute Gasteiger partial charge is 0.497 e. The molecule has 3 heterocycles. The molecule has 1 aromatic carbocycles. The van der Waals surface area contributed by atoms with Crippen molar-refractivity contribution in [2.75, 3.05) is 13.7 Å². The van der Waals surface area contributed by atoms with E-state index in [0.29, 0.717) is 12.1 Å². The molecule has 0 radical (unpaired) electrons. The fourth-order valence-electron chi connectivity index (χ4n) is 3.38. The van der Waals surface area contributed by atoms with Gasteiger partial charge < -0.3 is 9.64 Å². The van der Waals surface area contributed by atoms with E-state index in [1.54, 1.807) is 36.8 Å². The lowest BCUT2D eigenvalue weighted by Gasteiger charge is -2.36. The van der Waals surface area contributed by atoms with Gasteiger partial charge in [0.15, 0.2) is 0 Å². The molecule has 0 N–H and O–H groups in total. The van der Waals surface area contributed by atoms with Gasteiger partial charge in [-0.15, -0.1) is 11.3 Å². The Morgan fingerprint density at radius 2 is 2.08 bits per heavy atom. The van der Waals surface area contributed by atoms with Gasteiger partial charge in [0.25, 0.3) is 5.91 Å². The van der Waals surface area contributed by atoms with Gasteiger partial charge in [0.05, 0.1) is 18.7 Å². The third kappa shape index (κ3) is 2.97. The summed E-state index contributed by atoms with van der Waals surface area (Å²) < 4.78 is 5.27. The highest BCUT2D eigenvalue weighted by Crippen LogP contribution is 2.39. The fourth-order valence-corrected chi connectivity index (χ4v) is 4.49. The third-order valence-corrected chi connectivity index (χ3v) is 5.95. The first-order valence-electron chi connectivity index (χ1n) is 8.30. The van der Waals surface area contributed by atoms with E-state index in [2.05, 4.69) is 16.4 Å². The van der Waals surface area contributed by atoms with Gasteiger partial charge in [-0.1, -0.05) is 23.7 Å². The van der Waals surface area contributed by atoms with Gasteiger partial charge >= 0.3 is 0 Å². The van der Waals surface area contributed by atoms with Crippen LogP contribution < -0.4 is 4.74 Å². The highest BCUT2D eigenvalue weighted by atomic mass is 35.5. The molecule has 26 heavy (non-hydrogen) atoms. The number of aromatic nitrogens is 1. The smallest absolute Gasteiger partial charge is 0.257 e. The number of nitrogens with zero attached hydrogens (tertiary/aromatic N) is 2. The van der Waals surface area contributed by atoms with Crippen molar-refractivity contribution in [1.29, 1.82) is 0 Å². The van der Waals surface area contributed by atoms with Gasteiger partial charge in [0.2, 0.25) is 0 Å². The molecule has 0 fully saturated rings. The van der Waals surface area contributed by atoms with E-state index in [1.165, 1.54) is 10.4 Å². The number of methoxy groups -OCH3 is 1. The van der Waals surface area contributed by atoms with Crippen LogP contribution in [0.5, 0.6) is 5.75 Å². The molecule has 0 saturated heterocycles. The van der Waals surface area contributed by atoms with Gasteiger partial charge in [0.1, 0.15) is 10.9 Å². The summed E-state index contributed by atoms with van der Waals surface area (Å²) in [5.74, 6) is 0.698. The van der Waals surface area contributed by atoms with Crippen LogP contribution in [0.3, 0.4) is 0 Å². The number of ether oxygens (including phenoxy) is 1. The van der Waals surface area contributed by atoms with Crippen LogP contribution in [0.25, 0.3) is 0 Å². The molecule has 0 bridgehead atoms. The number of rotatable bonds is 3. The molecule has 1 amide bonds.